The quantitative estimate of drug-likeness (QED) is 0.705. The molecule has 0 aromatic heterocycles. The first kappa shape index (κ1) is 18.6. The molecule has 0 bridgehead atoms. The standard InChI is InChI=1S/C24H29F2N/c25-22-14-19-11-12-24(27-16-18-9-5-2-6-10-18)21(20(19)15-23(22)26)13-17-7-3-1-4-8-17/h1,3-4,7-8,14-15,18,21,24,27H,2,5-6,9-13,16H2. The summed E-state index contributed by atoms with van der Waals surface area (Å²) >= 11 is 0. The van der Waals surface area contributed by atoms with E-state index in [1.165, 1.54) is 49.8 Å². The third-order valence-corrected chi connectivity index (χ3v) is 6.48. The summed E-state index contributed by atoms with van der Waals surface area (Å²) in [5.74, 6) is -0.488. The summed E-state index contributed by atoms with van der Waals surface area (Å²) in [5, 5.41) is 3.82. The second-order valence-corrected chi connectivity index (χ2v) is 8.32. The van der Waals surface area contributed by atoms with Crippen molar-refractivity contribution in [1.29, 1.82) is 0 Å². The SMILES string of the molecule is Fc1cc2c(cc1F)C(Cc1ccccc1)C(NCC1CCCCC1)CC2. The molecule has 0 saturated heterocycles. The number of rotatable bonds is 5. The molecule has 1 saturated carbocycles. The van der Waals surface area contributed by atoms with Gasteiger partial charge in [0, 0.05) is 12.0 Å². The molecule has 0 radical (unpaired) electrons. The van der Waals surface area contributed by atoms with Crippen molar-refractivity contribution >= 4 is 0 Å². The van der Waals surface area contributed by atoms with Crippen molar-refractivity contribution in [1.82, 2.24) is 5.32 Å². The summed E-state index contributed by atoms with van der Waals surface area (Å²) in [5.41, 5.74) is 3.22. The molecule has 0 amide bonds. The van der Waals surface area contributed by atoms with Crippen LogP contribution in [0, 0.1) is 17.6 Å². The van der Waals surface area contributed by atoms with Gasteiger partial charge >= 0.3 is 0 Å². The van der Waals surface area contributed by atoms with Crippen molar-refractivity contribution in [3.8, 4) is 0 Å². The lowest BCUT2D eigenvalue weighted by Gasteiger charge is -2.36. The molecule has 1 nitrogen and oxygen atoms in total. The lowest BCUT2D eigenvalue weighted by molar-refractivity contribution is 0.300. The molecule has 0 aliphatic heterocycles. The van der Waals surface area contributed by atoms with E-state index in [0.29, 0.717) is 6.04 Å². The Hall–Kier alpha value is -1.74. The zero-order chi connectivity index (χ0) is 18.6. The highest BCUT2D eigenvalue weighted by Crippen LogP contribution is 2.36. The first-order valence-electron chi connectivity index (χ1n) is 10.5. The number of nitrogens with one attached hydrogen (secondary N) is 1. The van der Waals surface area contributed by atoms with Crippen molar-refractivity contribution in [3.63, 3.8) is 0 Å². The van der Waals surface area contributed by atoms with Gasteiger partial charge in [0.15, 0.2) is 11.6 Å². The van der Waals surface area contributed by atoms with Gasteiger partial charge in [0.25, 0.3) is 0 Å². The maximum Gasteiger partial charge on any atom is 0.159 e. The van der Waals surface area contributed by atoms with Crippen LogP contribution < -0.4 is 5.32 Å². The van der Waals surface area contributed by atoms with E-state index in [1.807, 2.05) is 6.07 Å². The van der Waals surface area contributed by atoms with Gasteiger partial charge < -0.3 is 5.32 Å². The van der Waals surface area contributed by atoms with Gasteiger partial charge in [0.1, 0.15) is 0 Å². The summed E-state index contributed by atoms with van der Waals surface area (Å²) in [6.45, 7) is 1.05. The van der Waals surface area contributed by atoms with Crippen LogP contribution in [-0.4, -0.2) is 12.6 Å². The number of fused-ring (bicyclic) bond motifs is 1. The van der Waals surface area contributed by atoms with E-state index >= 15 is 0 Å². The van der Waals surface area contributed by atoms with Crippen LogP contribution in [0.2, 0.25) is 0 Å². The molecule has 144 valence electrons. The van der Waals surface area contributed by atoms with Gasteiger partial charge in [-0.3, -0.25) is 0 Å². The van der Waals surface area contributed by atoms with Crippen LogP contribution >= 0.6 is 0 Å². The van der Waals surface area contributed by atoms with Gasteiger partial charge in [-0.1, -0.05) is 49.6 Å². The number of hydrogen-bond donors (Lipinski definition) is 1. The van der Waals surface area contributed by atoms with E-state index in [2.05, 4.69) is 29.6 Å². The molecule has 1 N–H and O–H groups in total. The molecule has 2 aromatic carbocycles. The van der Waals surface area contributed by atoms with E-state index in [-0.39, 0.29) is 5.92 Å². The molecule has 4 rings (SSSR count). The molecule has 27 heavy (non-hydrogen) atoms. The summed E-state index contributed by atoms with van der Waals surface area (Å²) in [7, 11) is 0. The molecule has 1 fully saturated rings. The average Bonchev–Trinajstić information content (AvgIpc) is 2.70. The van der Waals surface area contributed by atoms with Gasteiger partial charge in [-0.15, -0.1) is 0 Å². The number of hydrogen-bond acceptors (Lipinski definition) is 1. The second-order valence-electron chi connectivity index (χ2n) is 8.32. The predicted octanol–water partition coefficient (Wildman–Crippen LogP) is 5.78. The molecule has 2 aromatic rings. The molecule has 0 spiro atoms. The van der Waals surface area contributed by atoms with Gasteiger partial charge in [0.2, 0.25) is 0 Å². The third kappa shape index (κ3) is 4.40. The van der Waals surface area contributed by atoms with Gasteiger partial charge in [0.05, 0.1) is 0 Å². The fourth-order valence-electron chi connectivity index (χ4n) is 4.97. The molecular formula is C24H29F2N. The Kier molecular flexibility index (Phi) is 5.87. The highest BCUT2D eigenvalue weighted by atomic mass is 19.2. The number of halogens is 2. The van der Waals surface area contributed by atoms with E-state index in [9.17, 15) is 8.78 Å². The summed E-state index contributed by atoms with van der Waals surface area (Å²) in [6.07, 6.45) is 9.37. The van der Waals surface area contributed by atoms with Crippen LogP contribution in [0.15, 0.2) is 42.5 Å². The summed E-state index contributed by atoms with van der Waals surface area (Å²) in [4.78, 5) is 0. The Balaban J connectivity index is 1.56. The fourth-order valence-corrected chi connectivity index (χ4v) is 4.97. The van der Waals surface area contributed by atoms with Crippen LogP contribution in [0.1, 0.15) is 61.1 Å². The Morgan fingerprint density at radius 1 is 0.889 bits per heavy atom. The van der Waals surface area contributed by atoms with Gasteiger partial charge in [-0.05, 0) is 73.4 Å². The Morgan fingerprint density at radius 2 is 1.63 bits per heavy atom. The smallest absolute Gasteiger partial charge is 0.159 e. The minimum absolute atomic E-state index is 0.190. The van der Waals surface area contributed by atoms with Crippen LogP contribution in [0.25, 0.3) is 0 Å². The normalized spacial score (nSPS) is 23.2. The number of benzene rings is 2. The lowest BCUT2D eigenvalue weighted by Crippen LogP contribution is -2.42. The van der Waals surface area contributed by atoms with Crippen molar-refractivity contribution < 1.29 is 8.78 Å². The first-order valence-corrected chi connectivity index (χ1v) is 10.5. The van der Waals surface area contributed by atoms with E-state index < -0.39 is 11.6 Å². The van der Waals surface area contributed by atoms with Crippen molar-refractivity contribution in [3.05, 3.63) is 70.8 Å². The minimum atomic E-state index is -0.722. The van der Waals surface area contributed by atoms with Gasteiger partial charge in [-0.25, -0.2) is 8.78 Å². The van der Waals surface area contributed by atoms with Crippen LogP contribution in [-0.2, 0) is 12.8 Å². The van der Waals surface area contributed by atoms with Crippen LogP contribution in [0.3, 0.4) is 0 Å². The number of aryl methyl sites for hydroxylation is 1. The fraction of sp³-hybridized carbons (Fsp3) is 0.500. The van der Waals surface area contributed by atoms with Crippen molar-refractivity contribution in [2.45, 2.75) is 63.3 Å². The second kappa shape index (κ2) is 8.52. The Labute approximate surface area is 161 Å². The van der Waals surface area contributed by atoms with E-state index in [0.717, 1.165) is 42.9 Å². The Bertz CT molecular complexity index is 752. The highest BCUT2D eigenvalue weighted by Gasteiger charge is 2.31. The molecule has 2 atom stereocenters. The lowest BCUT2D eigenvalue weighted by atomic mass is 9.75. The maximum atomic E-state index is 14.0. The van der Waals surface area contributed by atoms with E-state index in [1.54, 1.807) is 0 Å². The topological polar surface area (TPSA) is 12.0 Å². The van der Waals surface area contributed by atoms with Crippen LogP contribution in [0.5, 0.6) is 0 Å². The highest BCUT2D eigenvalue weighted by molar-refractivity contribution is 5.37. The van der Waals surface area contributed by atoms with E-state index in [4.69, 9.17) is 0 Å². The Morgan fingerprint density at radius 3 is 2.41 bits per heavy atom. The molecular weight excluding hydrogens is 340 g/mol. The predicted molar refractivity (Wildman–Crippen MR) is 106 cm³/mol. The molecule has 0 heterocycles. The molecule has 2 aliphatic rings. The summed E-state index contributed by atoms with van der Waals surface area (Å²) in [6, 6.07) is 13.6. The monoisotopic (exact) mass is 369 g/mol. The maximum absolute atomic E-state index is 14.0. The van der Waals surface area contributed by atoms with Crippen LogP contribution in [0.4, 0.5) is 8.78 Å². The summed E-state index contributed by atoms with van der Waals surface area (Å²) < 4.78 is 27.8. The first-order chi connectivity index (χ1) is 13.2. The van der Waals surface area contributed by atoms with Crippen molar-refractivity contribution in [2.24, 2.45) is 5.92 Å². The third-order valence-electron chi connectivity index (χ3n) is 6.48. The zero-order valence-corrected chi connectivity index (χ0v) is 15.9. The zero-order valence-electron chi connectivity index (χ0n) is 15.9. The molecule has 2 aliphatic carbocycles. The minimum Gasteiger partial charge on any atom is -0.313 e. The van der Waals surface area contributed by atoms with Crippen molar-refractivity contribution in [2.75, 3.05) is 6.54 Å². The molecule has 2 unspecified atom stereocenters. The average molecular weight is 369 g/mol. The largest absolute Gasteiger partial charge is 0.313 e. The van der Waals surface area contributed by atoms with Gasteiger partial charge in [-0.2, -0.15) is 0 Å². The molecule has 3 heteroatoms.